The van der Waals surface area contributed by atoms with E-state index in [1.54, 1.807) is 29.2 Å². The second kappa shape index (κ2) is 8.28. The predicted molar refractivity (Wildman–Crippen MR) is 110 cm³/mol. The molecular weight excluding hydrogens is 362 g/mol. The van der Waals surface area contributed by atoms with Crippen molar-refractivity contribution in [1.29, 1.82) is 0 Å². The molecule has 2 aromatic carbocycles. The molecule has 4 aromatic rings. The fourth-order valence-electron chi connectivity index (χ4n) is 2.88. The van der Waals surface area contributed by atoms with Gasteiger partial charge in [0.2, 0.25) is 0 Å². The van der Waals surface area contributed by atoms with Gasteiger partial charge in [0.05, 0.1) is 17.8 Å². The minimum Gasteiger partial charge on any atom is -0.345 e. The third-order valence-corrected chi connectivity index (χ3v) is 4.45. The van der Waals surface area contributed by atoms with Crippen LogP contribution in [0, 0.1) is 11.8 Å². The minimum absolute atomic E-state index is 0.178. The number of nitrogens with one attached hydrogen (secondary N) is 1. The van der Waals surface area contributed by atoms with E-state index in [1.807, 2.05) is 66.5 Å². The Morgan fingerprint density at radius 2 is 1.90 bits per heavy atom. The maximum Gasteiger partial charge on any atom is 0.251 e. The molecule has 29 heavy (non-hydrogen) atoms. The van der Waals surface area contributed by atoms with Gasteiger partial charge in [-0.05, 0) is 36.4 Å². The van der Waals surface area contributed by atoms with Gasteiger partial charge in [-0.3, -0.25) is 4.79 Å². The van der Waals surface area contributed by atoms with Crippen LogP contribution in [0.15, 0.2) is 79.4 Å². The summed E-state index contributed by atoms with van der Waals surface area (Å²) in [5.41, 5.74) is 2.98. The van der Waals surface area contributed by atoms with Crippen LogP contribution in [0.4, 0.5) is 0 Å². The van der Waals surface area contributed by atoms with Gasteiger partial charge in [0.1, 0.15) is 5.82 Å². The van der Waals surface area contributed by atoms with Crippen LogP contribution < -0.4 is 5.32 Å². The maximum absolute atomic E-state index is 12.7. The van der Waals surface area contributed by atoms with Gasteiger partial charge in [-0.1, -0.05) is 30.0 Å². The van der Waals surface area contributed by atoms with Crippen molar-refractivity contribution in [3.63, 3.8) is 0 Å². The first-order valence-electron chi connectivity index (χ1n) is 9.16. The summed E-state index contributed by atoms with van der Waals surface area (Å²) in [6.45, 7) is 0.355. The van der Waals surface area contributed by atoms with E-state index >= 15 is 0 Å². The van der Waals surface area contributed by atoms with Gasteiger partial charge >= 0.3 is 0 Å². The van der Waals surface area contributed by atoms with Crippen LogP contribution in [0.25, 0.3) is 5.69 Å². The van der Waals surface area contributed by atoms with Crippen molar-refractivity contribution >= 4 is 5.91 Å². The number of carbonyl (C=O) groups excluding carboxylic acids is 1. The monoisotopic (exact) mass is 381 g/mol. The maximum atomic E-state index is 12.7. The molecule has 0 aliphatic heterocycles. The summed E-state index contributed by atoms with van der Waals surface area (Å²) in [4.78, 5) is 16.9. The molecule has 1 amide bonds. The first kappa shape index (κ1) is 18.3. The van der Waals surface area contributed by atoms with E-state index in [0.29, 0.717) is 12.1 Å². The molecule has 0 aliphatic rings. The molecule has 142 valence electrons. The Morgan fingerprint density at radius 1 is 1.03 bits per heavy atom. The number of benzene rings is 2. The first-order valence-corrected chi connectivity index (χ1v) is 9.16. The van der Waals surface area contributed by atoms with Gasteiger partial charge < -0.3 is 9.88 Å². The molecule has 6 nitrogen and oxygen atoms in total. The number of imidazole rings is 1. The van der Waals surface area contributed by atoms with Crippen molar-refractivity contribution in [2.24, 2.45) is 7.05 Å². The van der Waals surface area contributed by atoms with Gasteiger partial charge in [-0.15, -0.1) is 0 Å². The average molecular weight is 381 g/mol. The molecule has 0 fully saturated rings. The number of amides is 1. The van der Waals surface area contributed by atoms with Gasteiger partial charge in [-0.2, -0.15) is 5.10 Å². The van der Waals surface area contributed by atoms with E-state index in [2.05, 4.69) is 27.2 Å². The van der Waals surface area contributed by atoms with Crippen molar-refractivity contribution in [2.75, 3.05) is 0 Å². The molecule has 0 unspecified atom stereocenters. The zero-order valence-electron chi connectivity index (χ0n) is 15.9. The largest absolute Gasteiger partial charge is 0.345 e. The van der Waals surface area contributed by atoms with Gasteiger partial charge in [0.25, 0.3) is 5.91 Å². The minimum atomic E-state index is -0.178. The van der Waals surface area contributed by atoms with Crippen LogP contribution in [0.3, 0.4) is 0 Å². The molecule has 6 heteroatoms. The fraction of sp³-hybridized carbons (Fsp3) is 0.0870. The number of aryl methyl sites for hydroxylation is 1. The molecule has 2 aromatic heterocycles. The second-order valence-electron chi connectivity index (χ2n) is 6.44. The number of carbonyl (C=O) groups is 1. The summed E-state index contributed by atoms with van der Waals surface area (Å²) in [5.74, 6) is 6.95. The Hall–Kier alpha value is -4.11. The lowest BCUT2D eigenvalue weighted by molar-refractivity contribution is 0.0949. The molecule has 0 radical (unpaired) electrons. The predicted octanol–water partition coefficient (Wildman–Crippen LogP) is 2.94. The molecule has 2 heterocycles. The number of nitrogens with zero attached hydrogens (tertiary/aromatic N) is 4. The highest BCUT2D eigenvalue weighted by atomic mass is 16.1. The Balaban J connectivity index is 1.63. The highest BCUT2D eigenvalue weighted by Crippen LogP contribution is 2.16. The summed E-state index contributed by atoms with van der Waals surface area (Å²) in [7, 11) is 1.89. The molecule has 0 saturated carbocycles. The molecular formula is C23H19N5O. The van der Waals surface area contributed by atoms with Crippen molar-refractivity contribution in [2.45, 2.75) is 6.54 Å². The Morgan fingerprint density at radius 3 is 2.62 bits per heavy atom. The standard InChI is InChI=1S/C23H19N5O/c1-27-15-13-24-22(27)17-25-23(29)20-10-11-21(28-14-5-12-26-28)19(16-20)9-8-18-6-3-2-4-7-18/h2-7,10-16H,17H2,1H3,(H,25,29). The van der Waals surface area contributed by atoms with Crippen LogP contribution in [-0.2, 0) is 13.6 Å². The van der Waals surface area contributed by atoms with Crippen molar-refractivity contribution in [3.05, 3.63) is 102 Å². The van der Waals surface area contributed by atoms with Crippen LogP contribution in [0.2, 0.25) is 0 Å². The lowest BCUT2D eigenvalue weighted by Gasteiger charge is -2.09. The number of hydrogen-bond acceptors (Lipinski definition) is 3. The topological polar surface area (TPSA) is 64.7 Å². The molecule has 0 spiro atoms. The smallest absolute Gasteiger partial charge is 0.251 e. The van der Waals surface area contributed by atoms with Gasteiger partial charge in [0.15, 0.2) is 0 Å². The highest BCUT2D eigenvalue weighted by Gasteiger charge is 2.11. The third-order valence-electron chi connectivity index (χ3n) is 4.45. The Bertz CT molecular complexity index is 1180. The van der Waals surface area contributed by atoms with E-state index in [1.165, 1.54) is 0 Å². The number of hydrogen-bond donors (Lipinski definition) is 1. The highest BCUT2D eigenvalue weighted by molar-refractivity contribution is 5.94. The molecule has 0 bridgehead atoms. The fourth-order valence-corrected chi connectivity index (χ4v) is 2.88. The van der Waals surface area contributed by atoms with Crippen molar-refractivity contribution in [1.82, 2.24) is 24.6 Å². The van der Waals surface area contributed by atoms with Crippen LogP contribution in [0.5, 0.6) is 0 Å². The van der Waals surface area contributed by atoms with Gasteiger partial charge in [0, 0.05) is 43.0 Å². The summed E-state index contributed by atoms with van der Waals surface area (Å²) < 4.78 is 3.61. The van der Waals surface area contributed by atoms with Gasteiger partial charge in [-0.25, -0.2) is 9.67 Å². The zero-order chi connectivity index (χ0) is 20.1. The van der Waals surface area contributed by atoms with Crippen LogP contribution >= 0.6 is 0 Å². The van der Waals surface area contributed by atoms with Crippen LogP contribution in [-0.4, -0.2) is 25.2 Å². The zero-order valence-corrected chi connectivity index (χ0v) is 15.9. The molecule has 1 N–H and O–H groups in total. The SMILES string of the molecule is Cn1ccnc1CNC(=O)c1ccc(-n2cccn2)c(C#Cc2ccccc2)c1. The molecule has 4 rings (SSSR count). The van der Waals surface area contributed by atoms with E-state index in [9.17, 15) is 4.79 Å². The lowest BCUT2D eigenvalue weighted by atomic mass is 10.1. The summed E-state index contributed by atoms with van der Waals surface area (Å²) in [5, 5.41) is 7.20. The normalized spacial score (nSPS) is 10.2. The van der Waals surface area contributed by atoms with E-state index in [0.717, 1.165) is 22.6 Å². The lowest BCUT2D eigenvalue weighted by Crippen LogP contribution is -2.24. The molecule has 0 saturated heterocycles. The summed E-state index contributed by atoms with van der Waals surface area (Å²) >= 11 is 0. The van der Waals surface area contributed by atoms with Crippen molar-refractivity contribution in [3.8, 4) is 17.5 Å². The van der Waals surface area contributed by atoms with Crippen LogP contribution in [0.1, 0.15) is 27.3 Å². The Kier molecular flexibility index (Phi) is 5.21. The summed E-state index contributed by atoms with van der Waals surface area (Å²) in [6.07, 6.45) is 7.11. The van der Waals surface area contributed by atoms with E-state index in [4.69, 9.17) is 0 Å². The van der Waals surface area contributed by atoms with E-state index in [-0.39, 0.29) is 5.91 Å². The molecule has 0 aliphatic carbocycles. The number of rotatable bonds is 4. The Labute approximate surface area is 168 Å². The van der Waals surface area contributed by atoms with Crippen molar-refractivity contribution < 1.29 is 4.79 Å². The number of aromatic nitrogens is 4. The molecule has 0 atom stereocenters. The summed E-state index contributed by atoms with van der Waals surface area (Å²) in [6, 6.07) is 17.0. The second-order valence-corrected chi connectivity index (χ2v) is 6.44. The quantitative estimate of drug-likeness (QED) is 0.553. The third kappa shape index (κ3) is 4.25. The average Bonchev–Trinajstić information content (AvgIpc) is 3.43. The van der Waals surface area contributed by atoms with E-state index < -0.39 is 0 Å². The first-order chi connectivity index (χ1) is 14.2.